The predicted octanol–water partition coefficient (Wildman–Crippen LogP) is 2.76. The number of rotatable bonds is 3. The maximum Gasteiger partial charge on any atom is 0.331 e. The van der Waals surface area contributed by atoms with Gasteiger partial charge in [-0.15, -0.1) is 0 Å². The van der Waals surface area contributed by atoms with Gasteiger partial charge >= 0.3 is 5.97 Å². The van der Waals surface area contributed by atoms with E-state index in [1.54, 1.807) is 29.4 Å². The van der Waals surface area contributed by atoms with Crippen molar-refractivity contribution in [2.75, 3.05) is 7.11 Å². The van der Waals surface area contributed by atoms with E-state index in [-0.39, 0.29) is 0 Å². The summed E-state index contributed by atoms with van der Waals surface area (Å²) >= 11 is 0. The van der Waals surface area contributed by atoms with Crippen LogP contribution in [-0.4, -0.2) is 37.6 Å². The van der Waals surface area contributed by atoms with E-state index in [9.17, 15) is 9.18 Å². The molecule has 4 aromatic rings. The van der Waals surface area contributed by atoms with Gasteiger partial charge in [0.1, 0.15) is 17.1 Å². The molecule has 4 aromatic heterocycles. The third kappa shape index (κ3) is 2.63. The average Bonchev–Trinajstić information content (AvgIpc) is 3.22. The molecule has 124 valence electrons. The molecular weight excluding hydrogens is 325 g/mol. The van der Waals surface area contributed by atoms with Crippen LogP contribution >= 0.6 is 0 Å². The molecule has 0 aliphatic carbocycles. The van der Waals surface area contributed by atoms with Gasteiger partial charge in [0.05, 0.1) is 13.3 Å². The quantitative estimate of drug-likeness (QED) is 0.459. The molecule has 0 saturated carbocycles. The van der Waals surface area contributed by atoms with Gasteiger partial charge in [-0.05, 0) is 12.1 Å². The minimum Gasteiger partial charge on any atom is -0.466 e. The van der Waals surface area contributed by atoms with Crippen molar-refractivity contribution in [2.45, 2.75) is 0 Å². The molecule has 0 aliphatic rings. The van der Waals surface area contributed by atoms with Crippen molar-refractivity contribution in [2.24, 2.45) is 0 Å². The number of methoxy groups -OCH3 is 1. The van der Waals surface area contributed by atoms with Gasteiger partial charge in [-0.2, -0.15) is 0 Å². The highest BCUT2D eigenvalue weighted by molar-refractivity contribution is 5.93. The Labute approximate surface area is 140 Å². The summed E-state index contributed by atoms with van der Waals surface area (Å²) in [4.78, 5) is 27.1. The van der Waals surface area contributed by atoms with Crippen LogP contribution in [0.25, 0.3) is 39.7 Å². The first-order valence-electron chi connectivity index (χ1n) is 7.38. The van der Waals surface area contributed by atoms with Gasteiger partial charge in [0.15, 0.2) is 5.82 Å². The minimum atomic E-state index is -0.464. The molecule has 7 nitrogen and oxygen atoms in total. The van der Waals surface area contributed by atoms with E-state index in [1.807, 2.05) is 6.07 Å². The number of ether oxygens (including phenoxy) is 1. The monoisotopic (exact) mass is 337 g/mol. The first kappa shape index (κ1) is 15.0. The maximum absolute atomic E-state index is 13.5. The number of nitrogens with zero attached hydrogens (tertiary/aromatic N) is 4. The molecule has 0 atom stereocenters. The second kappa shape index (κ2) is 5.82. The number of carbonyl (C=O) groups excluding carboxylic acids is 1. The highest BCUT2D eigenvalue weighted by Gasteiger charge is 2.12. The summed E-state index contributed by atoms with van der Waals surface area (Å²) in [5, 5.41) is 1.41. The number of fused-ring (bicyclic) bond motifs is 2. The standard InChI is InChI=1S/C17H12FN5O2/c1-25-14(24)3-5-23-4-2-10-7-19-16(22-17(10)23)13-9-21-15-12(13)6-11(18)8-20-15/h2-9H,1H3,(H,20,21)/b5-3+. The SMILES string of the molecule is COC(=O)/C=C/n1ccc2cnc(-c3c[nH]c4ncc(F)cc34)nc21. The van der Waals surface area contributed by atoms with E-state index < -0.39 is 11.8 Å². The molecule has 8 heteroatoms. The molecule has 4 rings (SSSR count). The third-order valence-corrected chi connectivity index (χ3v) is 3.77. The average molecular weight is 337 g/mol. The van der Waals surface area contributed by atoms with Crippen LogP contribution in [0, 0.1) is 5.82 Å². The lowest BCUT2D eigenvalue weighted by atomic mass is 10.2. The topological polar surface area (TPSA) is 85.7 Å². The lowest BCUT2D eigenvalue weighted by Crippen LogP contribution is -1.96. The van der Waals surface area contributed by atoms with Crippen molar-refractivity contribution in [1.82, 2.24) is 24.5 Å². The number of hydrogen-bond donors (Lipinski definition) is 1. The molecule has 0 aromatic carbocycles. The van der Waals surface area contributed by atoms with Crippen molar-refractivity contribution < 1.29 is 13.9 Å². The summed E-state index contributed by atoms with van der Waals surface area (Å²) in [6.07, 6.45) is 9.13. The van der Waals surface area contributed by atoms with Crippen LogP contribution in [-0.2, 0) is 9.53 Å². The minimum absolute atomic E-state index is 0.428. The Kier molecular flexibility index (Phi) is 3.50. The Morgan fingerprint density at radius 3 is 3.08 bits per heavy atom. The Hall–Kier alpha value is -3.55. The van der Waals surface area contributed by atoms with Crippen LogP contribution in [0.2, 0.25) is 0 Å². The van der Waals surface area contributed by atoms with E-state index in [1.165, 1.54) is 19.3 Å². The highest BCUT2D eigenvalue weighted by Crippen LogP contribution is 2.26. The van der Waals surface area contributed by atoms with E-state index in [4.69, 9.17) is 0 Å². The predicted molar refractivity (Wildman–Crippen MR) is 89.9 cm³/mol. The first-order chi connectivity index (χ1) is 12.2. The molecule has 0 saturated heterocycles. The molecule has 0 amide bonds. The van der Waals surface area contributed by atoms with Crippen molar-refractivity contribution in [3.8, 4) is 11.4 Å². The highest BCUT2D eigenvalue weighted by atomic mass is 19.1. The summed E-state index contributed by atoms with van der Waals surface area (Å²) in [6.45, 7) is 0. The number of aromatic nitrogens is 5. The number of aromatic amines is 1. The van der Waals surface area contributed by atoms with Crippen molar-refractivity contribution >= 4 is 34.2 Å². The molecule has 4 heterocycles. The second-order valence-corrected chi connectivity index (χ2v) is 5.29. The van der Waals surface area contributed by atoms with Gasteiger partial charge in [-0.3, -0.25) is 0 Å². The number of pyridine rings is 1. The first-order valence-corrected chi connectivity index (χ1v) is 7.38. The molecule has 0 bridgehead atoms. The Balaban J connectivity index is 1.84. The number of H-pyrrole nitrogens is 1. The normalized spacial score (nSPS) is 11.6. The zero-order valence-corrected chi connectivity index (χ0v) is 13.1. The molecule has 25 heavy (non-hydrogen) atoms. The fourth-order valence-corrected chi connectivity index (χ4v) is 2.56. The molecule has 0 spiro atoms. The maximum atomic E-state index is 13.5. The van der Waals surface area contributed by atoms with Crippen molar-refractivity contribution in [3.05, 3.63) is 48.8 Å². The van der Waals surface area contributed by atoms with Crippen LogP contribution in [0.5, 0.6) is 0 Å². The Bertz CT molecular complexity index is 1130. The lowest BCUT2D eigenvalue weighted by molar-refractivity contribution is -0.134. The summed E-state index contributed by atoms with van der Waals surface area (Å²) in [6, 6.07) is 3.22. The second-order valence-electron chi connectivity index (χ2n) is 5.29. The zero-order valence-electron chi connectivity index (χ0n) is 13.1. The number of halogens is 1. The van der Waals surface area contributed by atoms with E-state index in [2.05, 4.69) is 24.7 Å². The molecule has 0 unspecified atom stereocenters. The van der Waals surface area contributed by atoms with Crippen molar-refractivity contribution in [1.29, 1.82) is 0 Å². The van der Waals surface area contributed by atoms with Gasteiger partial charge in [-0.1, -0.05) is 0 Å². The molecule has 0 fully saturated rings. The van der Waals surface area contributed by atoms with Crippen LogP contribution in [0.4, 0.5) is 4.39 Å². The smallest absolute Gasteiger partial charge is 0.331 e. The number of carbonyl (C=O) groups is 1. The summed E-state index contributed by atoms with van der Waals surface area (Å²) in [5.41, 5.74) is 1.82. The van der Waals surface area contributed by atoms with Crippen LogP contribution < -0.4 is 0 Å². The Morgan fingerprint density at radius 1 is 1.36 bits per heavy atom. The van der Waals surface area contributed by atoms with Crippen LogP contribution in [0.3, 0.4) is 0 Å². The van der Waals surface area contributed by atoms with E-state index >= 15 is 0 Å². The van der Waals surface area contributed by atoms with Gasteiger partial charge in [0.2, 0.25) is 0 Å². The van der Waals surface area contributed by atoms with Crippen LogP contribution in [0.15, 0.2) is 43.0 Å². The van der Waals surface area contributed by atoms with Gasteiger partial charge < -0.3 is 14.3 Å². The summed E-state index contributed by atoms with van der Waals surface area (Å²) in [7, 11) is 1.31. The third-order valence-electron chi connectivity index (χ3n) is 3.77. The van der Waals surface area contributed by atoms with E-state index in [0.717, 1.165) is 11.6 Å². The van der Waals surface area contributed by atoms with Gasteiger partial charge in [0.25, 0.3) is 0 Å². The summed E-state index contributed by atoms with van der Waals surface area (Å²) < 4.78 is 19.8. The number of esters is 1. The van der Waals surface area contributed by atoms with Gasteiger partial charge in [-0.25, -0.2) is 24.1 Å². The summed E-state index contributed by atoms with van der Waals surface area (Å²) in [5.74, 6) is -0.467. The zero-order chi connectivity index (χ0) is 17.4. The Morgan fingerprint density at radius 2 is 2.24 bits per heavy atom. The molecule has 1 N–H and O–H groups in total. The molecule has 0 radical (unpaired) electrons. The molecule has 0 aliphatic heterocycles. The van der Waals surface area contributed by atoms with Crippen molar-refractivity contribution in [3.63, 3.8) is 0 Å². The number of nitrogens with one attached hydrogen (secondary N) is 1. The lowest BCUT2D eigenvalue weighted by Gasteiger charge is -2.01. The van der Waals surface area contributed by atoms with Gasteiger partial charge in [0, 0.05) is 47.2 Å². The van der Waals surface area contributed by atoms with E-state index in [0.29, 0.717) is 28.1 Å². The molecular formula is C17H12FN5O2. The largest absolute Gasteiger partial charge is 0.466 e. The number of hydrogen-bond acceptors (Lipinski definition) is 5. The fourth-order valence-electron chi connectivity index (χ4n) is 2.56. The van der Waals surface area contributed by atoms with Crippen LogP contribution in [0.1, 0.15) is 0 Å². The fraction of sp³-hybridized carbons (Fsp3) is 0.0588.